The lowest BCUT2D eigenvalue weighted by Crippen LogP contribution is -2.67. The summed E-state index contributed by atoms with van der Waals surface area (Å²) in [5.41, 5.74) is 1.86. The Labute approximate surface area is 365 Å². The number of ether oxygens (including phenoxy) is 5. The molecule has 0 aliphatic carbocycles. The summed E-state index contributed by atoms with van der Waals surface area (Å²) in [5, 5.41) is 3.22. The van der Waals surface area contributed by atoms with E-state index in [1.54, 1.807) is 0 Å². The van der Waals surface area contributed by atoms with Crippen molar-refractivity contribution >= 4 is 11.9 Å². The summed E-state index contributed by atoms with van der Waals surface area (Å²) >= 11 is 0. The van der Waals surface area contributed by atoms with Crippen LogP contribution in [-0.2, 0) is 39.9 Å². The van der Waals surface area contributed by atoms with Crippen LogP contribution in [0.1, 0.15) is 211 Å². The summed E-state index contributed by atoms with van der Waals surface area (Å²) in [6.45, 7) is 5.05. The van der Waals surface area contributed by atoms with Gasteiger partial charge in [0.05, 0.1) is 13.2 Å². The van der Waals surface area contributed by atoms with Gasteiger partial charge in [0.25, 0.3) is 0 Å². The lowest BCUT2D eigenvalue weighted by molar-refractivity contribution is -0.346. The minimum Gasteiger partial charge on any atom is -0.457 e. The highest BCUT2D eigenvalue weighted by molar-refractivity contribution is 5.76. The SMILES string of the molecule is CCCCCCCCCCCCCCCC(=O)N[C@H]1[C@H](OCc2ccccc2)O[C@@H]2COC(c3ccccc3)O[C@H]2[C@@H]1OC(=O)CCCCCCCCCCCCCCC. The molecular weight excluding hydrogens is 751 g/mol. The quantitative estimate of drug-likeness (QED) is 0.0554. The predicted molar refractivity (Wildman–Crippen MR) is 242 cm³/mol. The second-order valence-corrected chi connectivity index (χ2v) is 17.5. The van der Waals surface area contributed by atoms with Crippen LogP contribution in [-0.4, -0.2) is 49.1 Å². The number of hydrogen-bond acceptors (Lipinski definition) is 7. The molecule has 2 aliphatic rings. The van der Waals surface area contributed by atoms with Crippen LogP contribution in [0.15, 0.2) is 60.7 Å². The highest BCUT2D eigenvalue weighted by Crippen LogP contribution is 2.36. The Morgan fingerprint density at radius 2 is 1.05 bits per heavy atom. The van der Waals surface area contributed by atoms with Gasteiger partial charge in [-0.3, -0.25) is 9.59 Å². The van der Waals surface area contributed by atoms with E-state index in [4.69, 9.17) is 23.7 Å². The molecule has 8 nitrogen and oxygen atoms in total. The maximum absolute atomic E-state index is 13.7. The van der Waals surface area contributed by atoms with E-state index in [0.29, 0.717) is 12.8 Å². The molecule has 1 unspecified atom stereocenters. The van der Waals surface area contributed by atoms with E-state index in [9.17, 15) is 9.59 Å². The van der Waals surface area contributed by atoms with E-state index < -0.39 is 36.9 Å². The fraction of sp³-hybridized carbons (Fsp3) is 0.731. The van der Waals surface area contributed by atoms with Gasteiger partial charge >= 0.3 is 5.97 Å². The van der Waals surface area contributed by atoms with E-state index in [-0.39, 0.29) is 25.1 Å². The number of carbonyl (C=O) groups is 2. The van der Waals surface area contributed by atoms with Gasteiger partial charge in [-0.15, -0.1) is 0 Å². The third kappa shape index (κ3) is 20.4. The van der Waals surface area contributed by atoms with E-state index in [1.165, 1.54) is 128 Å². The van der Waals surface area contributed by atoms with Crippen LogP contribution in [0.25, 0.3) is 0 Å². The average molecular weight is 834 g/mol. The molecule has 1 amide bonds. The zero-order valence-electron chi connectivity index (χ0n) is 37.8. The Bertz CT molecular complexity index is 1360. The van der Waals surface area contributed by atoms with Crippen molar-refractivity contribution in [1.82, 2.24) is 5.32 Å². The molecular formula is C52H83NO7. The fourth-order valence-electron chi connectivity index (χ4n) is 8.60. The molecule has 0 saturated carbocycles. The molecule has 2 heterocycles. The molecule has 2 aromatic carbocycles. The van der Waals surface area contributed by atoms with Crippen LogP contribution in [0.2, 0.25) is 0 Å². The number of fused-ring (bicyclic) bond motifs is 1. The molecule has 4 rings (SSSR count). The van der Waals surface area contributed by atoms with Gasteiger partial charge in [-0.1, -0.05) is 229 Å². The third-order valence-corrected chi connectivity index (χ3v) is 12.3. The Morgan fingerprint density at radius 1 is 0.583 bits per heavy atom. The molecule has 0 radical (unpaired) electrons. The smallest absolute Gasteiger partial charge is 0.306 e. The summed E-state index contributed by atoms with van der Waals surface area (Å²) in [4.78, 5) is 27.4. The fourth-order valence-corrected chi connectivity index (χ4v) is 8.60. The first kappa shape index (κ1) is 49.9. The van der Waals surface area contributed by atoms with Crippen LogP contribution in [0, 0.1) is 0 Å². The number of unbranched alkanes of at least 4 members (excludes halogenated alkanes) is 24. The Kier molecular flexibility index (Phi) is 26.6. The summed E-state index contributed by atoms with van der Waals surface area (Å²) in [6.07, 6.45) is 29.5. The van der Waals surface area contributed by atoms with Crippen LogP contribution < -0.4 is 5.32 Å². The lowest BCUT2D eigenvalue weighted by Gasteiger charge is -2.48. The molecule has 338 valence electrons. The predicted octanol–water partition coefficient (Wildman–Crippen LogP) is 13.4. The summed E-state index contributed by atoms with van der Waals surface area (Å²) < 4.78 is 32.1. The Hall–Kier alpha value is -2.78. The van der Waals surface area contributed by atoms with Crippen molar-refractivity contribution in [3.8, 4) is 0 Å². The van der Waals surface area contributed by atoms with Crippen LogP contribution in [0.5, 0.6) is 0 Å². The molecule has 8 heteroatoms. The molecule has 2 aromatic rings. The minimum absolute atomic E-state index is 0.0948. The lowest BCUT2D eigenvalue weighted by atomic mass is 9.94. The second-order valence-electron chi connectivity index (χ2n) is 17.5. The van der Waals surface area contributed by atoms with Crippen LogP contribution >= 0.6 is 0 Å². The second kappa shape index (κ2) is 32.0. The molecule has 60 heavy (non-hydrogen) atoms. The number of hydrogen-bond donors (Lipinski definition) is 1. The van der Waals surface area contributed by atoms with Gasteiger partial charge < -0.3 is 29.0 Å². The van der Waals surface area contributed by atoms with E-state index in [1.807, 2.05) is 60.7 Å². The van der Waals surface area contributed by atoms with Crippen LogP contribution in [0.4, 0.5) is 0 Å². The summed E-state index contributed by atoms with van der Waals surface area (Å²) in [7, 11) is 0. The first-order valence-corrected chi connectivity index (χ1v) is 24.7. The van der Waals surface area contributed by atoms with Crippen molar-refractivity contribution in [3.63, 3.8) is 0 Å². The van der Waals surface area contributed by atoms with Crippen molar-refractivity contribution in [2.24, 2.45) is 0 Å². The molecule has 2 saturated heterocycles. The van der Waals surface area contributed by atoms with Crippen molar-refractivity contribution in [3.05, 3.63) is 71.8 Å². The summed E-state index contributed by atoms with van der Waals surface area (Å²) in [5.74, 6) is -0.379. The van der Waals surface area contributed by atoms with Gasteiger partial charge in [0.1, 0.15) is 18.2 Å². The van der Waals surface area contributed by atoms with Gasteiger partial charge in [0.2, 0.25) is 5.91 Å². The van der Waals surface area contributed by atoms with Gasteiger partial charge in [0, 0.05) is 18.4 Å². The van der Waals surface area contributed by atoms with E-state index in [0.717, 1.165) is 49.7 Å². The van der Waals surface area contributed by atoms with E-state index in [2.05, 4.69) is 19.2 Å². The molecule has 0 spiro atoms. The number of benzene rings is 2. The van der Waals surface area contributed by atoms with Gasteiger partial charge in [-0.05, 0) is 18.4 Å². The standard InChI is InChI=1S/C52H83NO7/c1-3-5-7-9-11-13-15-17-19-21-23-25-33-39-46(54)53-48-50(59-47(55)40-34-26-24-22-20-18-16-14-12-10-8-6-4-2)49-45(42-57-51(60-49)44-37-31-28-32-38-44)58-52(48)56-41-43-35-29-27-30-36-43/h27-32,35-38,45,48-52H,3-26,33-34,39-42H2,1-2H3,(H,53,54)/t45-,48-,49-,50-,51?,52-/m1/s1. The zero-order valence-corrected chi connectivity index (χ0v) is 37.8. The third-order valence-electron chi connectivity index (χ3n) is 12.3. The number of rotatable bonds is 34. The van der Waals surface area contributed by atoms with Gasteiger partial charge in [-0.2, -0.15) is 0 Å². The molecule has 2 fully saturated rings. The van der Waals surface area contributed by atoms with Crippen molar-refractivity contribution in [2.75, 3.05) is 6.61 Å². The largest absolute Gasteiger partial charge is 0.457 e. The maximum Gasteiger partial charge on any atom is 0.306 e. The van der Waals surface area contributed by atoms with Gasteiger partial charge in [-0.25, -0.2) is 0 Å². The molecule has 1 N–H and O–H groups in total. The van der Waals surface area contributed by atoms with Crippen molar-refractivity contribution in [2.45, 2.75) is 237 Å². The topological polar surface area (TPSA) is 92.3 Å². The first-order chi connectivity index (χ1) is 29.6. The Balaban J connectivity index is 1.30. The number of amides is 1. The van der Waals surface area contributed by atoms with Crippen molar-refractivity contribution < 1.29 is 33.3 Å². The zero-order chi connectivity index (χ0) is 42.3. The van der Waals surface area contributed by atoms with Crippen LogP contribution in [0.3, 0.4) is 0 Å². The number of nitrogens with one attached hydrogen (secondary N) is 1. The first-order valence-electron chi connectivity index (χ1n) is 24.7. The highest BCUT2D eigenvalue weighted by Gasteiger charge is 2.53. The average Bonchev–Trinajstić information content (AvgIpc) is 3.27. The number of carbonyl (C=O) groups excluding carboxylic acids is 2. The minimum atomic E-state index is -0.864. The van der Waals surface area contributed by atoms with Gasteiger partial charge in [0.15, 0.2) is 18.7 Å². The molecule has 6 atom stereocenters. The van der Waals surface area contributed by atoms with E-state index >= 15 is 0 Å². The molecule has 0 bridgehead atoms. The monoisotopic (exact) mass is 834 g/mol. The highest BCUT2D eigenvalue weighted by atomic mass is 16.8. The Morgan fingerprint density at radius 3 is 1.57 bits per heavy atom. The maximum atomic E-state index is 13.7. The molecule has 0 aromatic heterocycles. The van der Waals surface area contributed by atoms with Crippen molar-refractivity contribution in [1.29, 1.82) is 0 Å². The summed E-state index contributed by atoms with van der Waals surface area (Å²) in [6, 6.07) is 18.9. The molecule has 2 aliphatic heterocycles. The normalized spacial score (nSPS) is 21.4. The number of esters is 1.